The number of fused-ring (bicyclic) bond motifs is 1. The third-order valence-electron chi connectivity index (χ3n) is 2.07. The summed E-state index contributed by atoms with van der Waals surface area (Å²) in [6.45, 7) is 3.87. The Morgan fingerprint density at radius 2 is 2.19 bits per heavy atom. The lowest BCUT2D eigenvalue weighted by Gasteiger charge is -2.19. The molecule has 1 aromatic carbocycles. The Bertz CT molecular complexity index is 506. The van der Waals surface area contributed by atoms with Crippen molar-refractivity contribution in [1.29, 1.82) is 0 Å². The van der Waals surface area contributed by atoms with Gasteiger partial charge < -0.3 is 10.4 Å². The van der Waals surface area contributed by atoms with Crippen LogP contribution in [0, 0.1) is 0 Å². The highest BCUT2D eigenvalue weighted by atomic mass is 35.5. The molecule has 0 saturated heterocycles. The van der Waals surface area contributed by atoms with Gasteiger partial charge in [-0.25, -0.2) is 0 Å². The largest absolute Gasteiger partial charge is 0.389 e. The fourth-order valence-electron chi connectivity index (χ4n) is 1.30. The number of anilines is 1. The lowest BCUT2D eigenvalue weighted by Crippen LogP contribution is -2.29. The van der Waals surface area contributed by atoms with Crippen molar-refractivity contribution in [2.75, 3.05) is 11.9 Å². The molecular weight excluding hydrogens is 246 g/mol. The van der Waals surface area contributed by atoms with E-state index in [1.54, 1.807) is 19.9 Å². The van der Waals surface area contributed by atoms with E-state index < -0.39 is 5.60 Å². The van der Waals surface area contributed by atoms with Crippen molar-refractivity contribution in [3.63, 3.8) is 0 Å². The Balaban J connectivity index is 2.35. The molecule has 1 aromatic heterocycles. The molecule has 2 aromatic rings. The fourth-order valence-corrected chi connectivity index (χ4v) is 2.06. The van der Waals surface area contributed by atoms with Gasteiger partial charge in [-0.2, -0.15) is 8.75 Å². The second-order valence-corrected chi connectivity index (χ2v) is 5.16. The zero-order valence-corrected chi connectivity index (χ0v) is 10.6. The van der Waals surface area contributed by atoms with Crippen LogP contribution >= 0.6 is 23.3 Å². The van der Waals surface area contributed by atoms with Crippen LogP contribution < -0.4 is 5.32 Å². The first-order valence-electron chi connectivity index (χ1n) is 4.84. The highest BCUT2D eigenvalue weighted by molar-refractivity contribution is 7.00. The monoisotopic (exact) mass is 257 g/mol. The molecule has 16 heavy (non-hydrogen) atoms. The van der Waals surface area contributed by atoms with E-state index in [1.165, 1.54) is 0 Å². The summed E-state index contributed by atoms with van der Waals surface area (Å²) in [7, 11) is 0. The fraction of sp³-hybridized carbons (Fsp3) is 0.400. The molecule has 0 aliphatic rings. The second-order valence-electron chi connectivity index (χ2n) is 4.22. The summed E-state index contributed by atoms with van der Waals surface area (Å²) in [5.41, 5.74) is 1.50. The number of rotatable bonds is 3. The van der Waals surface area contributed by atoms with E-state index in [4.69, 9.17) is 11.6 Å². The molecule has 0 saturated carbocycles. The molecule has 2 N–H and O–H groups in total. The van der Waals surface area contributed by atoms with E-state index in [0.29, 0.717) is 11.6 Å². The number of nitrogens with one attached hydrogen (secondary N) is 1. The van der Waals surface area contributed by atoms with E-state index >= 15 is 0 Å². The summed E-state index contributed by atoms with van der Waals surface area (Å²) in [5, 5.41) is 13.3. The van der Waals surface area contributed by atoms with Crippen molar-refractivity contribution in [3.8, 4) is 0 Å². The van der Waals surface area contributed by atoms with Crippen molar-refractivity contribution in [2.24, 2.45) is 0 Å². The van der Waals surface area contributed by atoms with Gasteiger partial charge in [0.05, 0.1) is 28.0 Å². The maximum absolute atomic E-state index is 9.65. The number of aromatic nitrogens is 2. The van der Waals surface area contributed by atoms with Crippen molar-refractivity contribution in [2.45, 2.75) is 19.4 Å². The number of nitrogens with zero attached hydrogens (tertiary/aromatic N) is 2. The van der Waals surface area contributed by atoms with Crippen LogP contribution in [0.4, 0.5) is 5.69 Å². The molecule has 1 heterocycles. The van der Waals surface area contributed by atoms with Crippen LogP contribution in [0.3, 0.4) is 0 Å². The summed E-state index contributed by atoms with van der Waals surface area (Å²) in [5.74, 6) is 0. The molecule has 0 unspecified atom stereocenters. The highest BCUT2D eigenvalue weighted by Crippen LogP contribution is 2.30. The first kappa shape index (κ1) is 11.6. The minimum absolute atomic E-state index is 0.406. The van der Waals surface area contributed by atoms with Gasteiger partial charge in [-0.05, 0) is 26.0 Å². The molecule has 0 spiro atoms. The molecule has 0 aliphatic heterocycles. The number of hydrogen-bond donors (Lipinski definition) is 2. The van der Waals surface area contributed by atoms with Gasteiger partial charge in [-0.3, -0.25) is 0 Å². The van der Waals surface area contributed by atoms with Crippen LogP contribution in [0.1, 0.15) is 13.8 Å². The van der Waals surface area contributed by atoms with E-state index in [0.717, 1.165) is 28.4 Å². The van der Waals surface area contributed by atoms with Crippen molar-refractivity contribution in [3.05, 3.63) is 17.2 Å². The number of hydrogen-bond acceptors (Lipinski definition) is 5. The quantitative estimate of drug-likeness (QED) is 0.887. The molecule has 6 heteroatoms. The predicted octanol–water partition coefficient (Wildman–Crippen LogP) is 2.53. The minimum Gasteiger partial charge on any atom is -0.389 e. The Morgan fingerprint density at radius 3 is 2.88 bits per heavy atom. The smallest absolute Gasteiger partial charge is 0.129 e. The predicted molar refractivity (Wildman–Crippen MR) is 67.2 cm³/mol. The summed E-state index contributed by atoms with van der Waals surface area (Å²) in [6, 6.07) is 3.61. The number of benzene rings is 1. The van der Waals surface area contributed by atoms with Crippen molar-refractivity contribution < 1.29 is 5.11 Å². The molecular formula is C10H12ClN3OS. The lowest BCUT2D eigenvalue weighted by molar-refractivity contribution is 0.0945. The number of aliphatic hydroxyl groups is 1. The summed E-state index contributed by atoms with van der Waals surface area (Å²) in [6.07, 6.45) is 0. The molecule has 0 radical (unpaired) electrons. The van der Waals surface area contributed by atoms with E-state index in [-0.39, 0.29) is 0 Å². The van der Waals surface area contributed by atoms with Crippen molar-refractivity contribution in [1.82, 2.24) is 8.75 Å². The van der Waals surface area contributed by atoms with Crippen LogP contribution in [-0.2, 0) is 0 Å². The molecule has 0 amide bonds. The summed E-state index contributed by atoms with van der Waals surface area (Å²) < 4.78 is 8.32. The van der Waals surface area contributed by atoms with Gasteiger partial charge in [0.25, 0.3) is 0 Å². The van der Waals surface area contributed by atoms with Gasteiger partial charge in [0.15, 0.2) is 0 Å². The van der Waals surface area contributed by atoms with Crippen LogP contribution in [0.2, 0.25) is 5.02 Å². The van der Waals surface area contributed by atoms with Gasteiger partial charge >= 0.3 is 0 Å². The maximum Gasteiger partial charge on any atom is 0.129 e. The minimum atomic E-state index is -0.797. The Hall–Kier alpha value is -0.910. The van der Waals surface area contributed by atoms with Gasteiger partial charge in [0.2, 0.25) is 0 Å². The van der Waals surface area contributed by atoms with E-state index in [2.05, 4.69) is 14.1 Å². The second kappa shape index (κ2) is 4.16. The maximum atomic E-state index is 9.65. The third-order valence-corrected chi connectivity index (χ3v) is 2.93. The van der Waals surface area contributed by atoms with Crippen LogP contribution in [0.5, 0.6) is 0 Å². The molecule has 0 fully saturated rings. The average molecular weight is 258 g/mol. The third kappa shape index (κ3) is 2.42. The van der Waals surface area contributed by atoms with Gasteiger partial charge in [-0.15, -0.1) is 0 Å². The SMILES string of the molecule is CC(C)(O)CNc1c(Cl)ccc2nsnc12. The van der Waals surface area contributed by atoms with Crippen LogP contribution in [0.15, 0.2) is 12.1 Å². The van der Waals surface area contributed by atoms with E-state index in [9.17, 15) is 5.11 Å². The Labute approximate surface area is 103 Å². The molecule has 0 bridgehead atoms. The summed E-state index contributed by atoms with van der Waals surface area (Å²) >= 11 is 7.23. The number of halogens is 1. The molecule has 0 atom stereocenters. The average Bonchev–Trinajstić information content (AvgIpc) is 2.62. The molecule has 0 aliphatic carbocycles. The highest BCUT2D eigenvalue weighted by Gasteiger charge is 2.15. The van der Waals surface area contributed by atoms with Crippen LogP contribution in [0.25, 0.3) is 11.0 Å². The standard InChI is InChI=1S/C10H12ClN3OS/c1-10(2,15)5-12-8-6(11)3-4-7-9(8)14-16-13-7/h3-4,12,15H,5H2,1-2H3. The first-order valence-corrected chi connectivity index (χ1v) is 5.95. The molecule has 4 nitrogen and oxygen atoms in total. The zero-order chi connectivity index (χ0) is 11.8. The Morgan fingerprint density at radius 1 is 1.44 bits per heavy atom. The van der Waals surface area contributed by atoms with E-state index in [1.807, 2.05) is 6.07 Å². The zero-order valence-electron chi connectivity index (χ0n) is 8.99. The van der Waals surface area contributed by atoms with Gasteiger partial charge in [0, 0.05) is 6.54 Å². The van der Waals surface area contributed by atoms with Gasteiger partial charge in [0.1, 0.15) is 11.0 Å². The topological polar surface area (TPSA) is 58.0 Å². The summed E-state index contributed by atoms with van der Waals surface area (Å²) in [4.78, 5) is 0. The van der Waals surface area contributed by atoms with Crippen molar-refractivity contribution >= 4 is 40.0 Å². The van der Waals surface area contributed by atoms with Gasteiger partial charge in [-0.1, -0.05) is 11.6 Å². The normalized spacial score (nSPS) is 12.0. The molecule has 2 rings (SSSR count). The van der Waals surface area contributed by atoms with Crippen LogP contribution in [-0.4, -0.2) is 26.0 Å². The Kier molecular flexibility index (Phi) is 3.01. The lowest BCUT2D eigenvalue weighted by atomic mass is 10.1. The molecule has 86 valence electrons. The first-order chi connectivity index (χ1) is 7.47.